The van der Waals surface area contributed by atoms with Crippen LogP contribution >= 0.6 is 11.6 Å². The Morgan fingerprint density at radius 1 is 1.04 bits per heavy atom. The summed E-state index contributed by atoms with van der Waals surface area (Å²) < 4.78 is 3.65. The van der Waals surface area contributed by atoms with Gasteiger partial charge in [-0.05, 0) is 36.4 Å². The summed E-state index contributed by atoms with van der Waals surface area (Å²) in [6.45, 7) is 2.96. The van der Waals surface area contributed by atoms with Gasteiger partial charge in [-0.3, -0.25) is 9.48 Å². The molecule has 1 fully saturated rings. The molecule has 0 unspecified atom stereocenters. The summed E-state index contributed by atoms with van der Waals surface area (Å²) in [4.78, 5) is 17.2. The van der Waals surface area contributed by atoms with Gasteiger partial charge in [-0.15, -0.1) is 0 Å². The molecule has 3 heterocycles. The fourth-order valence-electron chi connectivity index (χ4n) is 3.35. The Bertz CT molecular complexity index is 893. The summed E-state index contributed by atoms with van der Waals surface area (Å²) in [6.07, 6.45) is 5.50. The van der Waals surface area contributed by atoms with Gasteiger partial charge in [0.2, 0.25) is 0 Å². The monoisotopic (exact) mass is 369 g/mol. The second-order valence-corrected chi connectivity index (χ2v) is 6.79. The molecule has 1 aromatic carbocycles. The number of piperazine rings is 1. The first kappa shape index (κ1) is 16.7. The number of amides is 1. The number of hydrogen-bond donors (Lipinski definition) is 0. The zero-order valence-electron chi connectivity index (χ0n) is 14.5. The van der Waals surface area contributed by atoms with Crippen LogP contribution < -0.4 is 4.90 Å². The third-order valence-corrected chi connectivity index (χ3v) is 5.00. The van der Waals surface area contributed by atoms with Gasteiger partial charge in [0.05, 0.1) is 6.20 Å². The minimum absolute atomic E-state index is 0.0255. The number of halogens is 1. The predicted molar refractivity (Wildman–Crippen MR) is 102 cm³/mol. The van der Waals surface area contributed by atoms with E-state index in [2.05, 4.69) is 10.00 Å². The van der Waals surface area contributed by atoms with Gasteiger partial charge < -0.3 is 14.4 Å². The molecule has 4 rings (SSSR count). The van der Waals surface area contributed by atoms with Crippen molar-refractivity contribution < 1.29 is 4.79 Å². The number of aromatic nitrogens is 3. The molecule has 1 saturated heterocycles. The van der Waals surface area contributed by atoms with E-state index in [1.165, 1.54) is 0 Å². The van der Waals surface area contributed by atoms with Gasteiger partial charge in [0.25, 0.3) is 5.91 Å². The second-order valence-electron chi connectivity index (χ2n) is 6.35. The molecule has 0 spiro atoms. The number of aryl methyl sites for hydroxylation is 1. The van der Waals surface area contributed by atoms with Crippen LogP contribution in [0.15, 0.2) is 55.0 Å². The number of hydrogen-bond acceptors (Lipinski definition) is 3. The molecule has 1 amide bonds. The molecule has 6 nitrogen and oxygen atoms in total. The Morgan fingerprint density at radius 3 is 2.35 bits per heavy atom. The highest BCUT2D eigenvalue weighted by Gasteiger charge is 2.26. The molecule has 26 heavy (non-hydrogen) atoms. The summed E-state index contributed by atoms with van der Waals surface area (Å²) in [7, 11) is 1.85. The summed E-state index contributed by atoms with van der Waals surface area (Å²) in [5.74, 6) is 0.817. The molecule has 0 radical (unpaired) electrons. The van der Waals surface area contributed by atoms with Crippen LogP contribution in [0.3, 0.4) is 0 Å². The normalized spacial score (nSPS) is 14.7. The zero-order chi connectivity index (χ0) is 18.1. The summed E-state index contributed by atoms with van der Waals surface area (Å²) in [5, 5.41) is 5.02. The van der Waals surface area contributed by atoms with Crippen molar-refractivity contribution in [2.45, 2.75) is 0 Å². The minimum Gasteiger partial charge on any atom is -0.368 e. The highest BCUT2D eigenvalue weighted by Crippen LogP contribution is 2.21. The van der Waals surface area contributed by atoms with E-state index < -0.39 is 0 Å². The Balaban J connectivity index is 1.49. The van der Waals surface area contributed by atoms with Crippen molar-refractivity contribution >= 4 is 23.2 Å². The Morgan fingerprint density at radius 2 is 1.69 bits per heavy atom. The van der Waals surface area contributed by atoms with Gasteiger partial charge in [0, 0.05) is 56.3 Å². The van der Waals surface area contributed by atoms with Crippen molar-refractivity contribution in [3.05, 3.63) is 65.6 Å². The number of carbonyl (C=O) groups excluding carboxylic acids is 1. The maximum Gasteiger partial charge on any atom is 0.259 e. The van der Waals surface area contributed by atoms with Crippen molar-refractivity contribution in [2.24, 2.45) is 7.05 Å². The third kappa shape index (κ3) is 3.08. The number of anilines is 1. The number of benzene rings is 1. The van der Waals surface area contributed by atoms with Crippen molar-refractivity contribution in [3.63, 3.8) is 0 Å². The molecule has 0 bridgehead atoms. The van der Waals surface area contributed by atoms with E-state index in [0.29, 0.717) is 18.7 Å². The lowest BCUT2D eigenvalue weighted by Crippen LogP contribution is -2.48. The number of nitrogens with zero attached hydrogens (tertiary/aromatic N) is 5. The average Bonchev–Trinajstić information content (AvgIpc) is 3.31. The van der Waals surface area contributed by atoms with Crippen LogP contribution in [-0.4, -0.2) is 51.3 Å². The number of rotatable bonds is 3. The zero-order valence-corrected chi connectivity index (χ0v) is 15.3. The topological polar surface area (TPSA) is 46.3 Å². The Hall–Kier alpha value is -2.73. The molecule has 0 atom stereocenters. The maximum atomic E-state index is 13.0. The van der Waals surface area contributed by atoms with Gasteiger partial charge in [-0.1, -0.05) is 11.6 Å². The van der Waals surface area contributed by atoms with E-state index in [1.807, 2.05) is 65.3 Å². The van der Waals surface area contributed by atoms with E-state index >= 15 is 0 Å². The highest BCUT2D eigenvalue weighted by atomic mass is 35.5. The predicted octanol–water partition coefficient (Wildman–Crippen LogP) is 2.83. The van der Waals surface area contributed by atoms with E-state index in [-0.39, 0.29) is 5.91 Å². The largest absolute Gasteiger partial charge is 0.368 e. The minimum atomic E-state index is 0.0255. The van der Waals surface area contributed by atoms with Crippen LogP contribution in [0.5, 0.6) is 0 Å². The molecule has 2 aromatic heterocycles. The Kier molecular flexibility index (Phi) is 4.42. The molecular weight excluding hydrogens is 350 g/mol. The first-order valence-corrected chi connectivity index (χ1v) is 8.96. The first-order valence-electron chi connectivity index (χ1n) is 8.58. The van der Waals surface area contributed by atoms with Gasteiger partial charge >= 0.3 is 0 Å². The van der Waals surface area contributed by atoms with Crippen molar-refractivity contribution in [3.8, 4) is 5.82 Å². The molecule has 0 aliphatic carbocycles. The van der Waals surface area contributed by atoms with Gasteiger partial charge in [-0.25, -0.2) is 0 Å². The van der Waals surface area contributed by atoms with Crippen LogP contribution in [0.1, 0.15) is 10.4 Å². The first-order chi connectivity index (χ1) is 12.6. The van der Waals surface area contributed by atoms with Gasteiger partial charge in [0.15, 0.2) is 0 Å². The van der Waals surface area contributed by atoms with Crippen molar-refractivity contribution in [1.29, 1.82) is 0 Å². The molecular formula is C19H20ClN5O. The van der Waals surface area contributed by atoms with Crippen molar-refractivity contribution in [1.82, 2.24) is 19.2 Å². The lowest BCUT2D eigenvalue weighted by Gasteiger charge is -2.36. The van der Waals surface area contributed by atoms with Crippen LogP contribution in [-0.2, 0) is 7.05 Å². The quantitative estimate of drug-likeness (QED) is 0.713. The summed E-state index contributed by atoms with van der Waals surface area (Å²) in [6, 6.07) is 11.7. The standard InChI is InChI=1S/C19H20ClN5O/c1-22-18(24-8-2-3-9-24)17(14-21-22)19(26)25-12-10-23(11-13-25)16-6-4-15(20)5-7-16/h2-9,14H,10-13H2,1H3. The summed E-state index contributed by atoms with van der Waals surface area (Å²) in [5.41, 5.74) is 1.76. The third-order valence-electron chi connectivity index (χ3n) is 4.75. The maximum absolute atomic E-state index is 13.0. The van der Waals surface area contributed by atoms with Crippen LogP contribution in [0.25, 0.3) is 5.82 Å². The smallest absolute Gasteiger partial charge is 0.259 e. The fraction of sp³-hybridized carbons (Fsp3) is 0.263. The summed E-state index contributed by atoms with van der Waals surface area (Å²) >= 11 is 5.96. The van der Waals surface area contributed by atoms with E-state index in [0.717, 1.165) is 29.6 Å². The average molecular weight is 370 g/mol. The van der Waals surface area contributed by atoms with Gasteiger partial charge in [-0.2, -0.15) is 5.10 Å². The molecule has 0 N–H and O–H groups in total. The van der Waals surface area contributed by atoms with Crippen molar-refractivity contribution in [2.75, 3.05) is 31.1 Å². The lowest BCUT2D eigenvalue weighted by atomic mass is 10.2. The molecule has 1 aliphatic rings. The van der Waals surface area contributed by atoms with E-state index in [4.69, 9.17) is 11.6 Å². The SMILES string of the molecule is Cn1ncc(C(=O)N2CCN(c3ccc(Cl)cc3)CC2)c1-n1cccc1. The second kappa shape index (κ2) is 6.88. The fourth-order valence-corrected chi connectivity index (χ4v) is 3.48. The van der Waals surface area contributed by atoms with Crippen LogP contribution in [0, 0.1) is 0 Å². The molecule has 134 valence electrons. The highest BCUT2D eigenvalue weighted by molar-refractivity contribution is 6.30. The van der Waals surface area contributed by atoms with Crippen LogP contribution in [0.4, 0.5) is 5.69 Å². The van der Waals surface area contributed by atoms with Gasteiger partial charge in [0.1, 0.15) is 11.4 Å². The molecule has 3 aromatic rings. The van der Waals surface area contributed by atoms with E-state index in [1.54, 1.807) is 10.9 Å². The van der Waals surface area contributed by atoms with E-state index in [9.17, 15) is 4.79 Å². The molecule has 7 heteroatoms. The Labute approximate surface area is 157 Å². The molecule has 1 aliphatic heterocycles. The molecule has 0 saturated carbocycles. The van der Waals surface area contributed by atoms with Crippen LogP contribution in [0.2, 0.25) is 5.02 Å². The number of carbonyl (C=O) groups is 1. The lowest BCUT2D eigenvalue weighted by molar-refractivity contribution is 0.0746.